The highest BCUT2D eigenvalue weighted by Crippen LogP contribution is 2.16. The third kappa shape index (κ3) is 6.06. The lowest BCUT2D eigenvalue weighted by atomic mass is 10.1. The molecule has 0 aliphatic carbocycles. The van der Waals surface area contributed by atoms with Gasteiger partial charge in [-0.3, -0.25) is 0 Å². The van der Waals surface area contributed by atoms with Crippen molar-refractivity contribution >= 4 is 11.6 Å². The molecule has 0 saturated carbocycles. The zero-order valence-corrected chi connectivity index (χ0v) is 11.9. The fourth-order valence-electron chi connectivity index (χ4n) is 1.62. The Morgan fingerprint density at radius 2 is 1.94 bits per heavy atom. The predicted molar refractivity (Wildman–Crippen MR) is 75.6 cm³/mol. The molecule has 2 nitrogen and oxygen atoms in total. The molecule has 0 spiro atoms. The first-order valence-electron chi connectivity index (χ1n) is 6.12. The van der Waals surface area contributed by atoms with Crippen LogP contribution in [0, 0.1) is 0 Å². The maximum absolute atomic E-state index is 5.97. The third-order valence-corrected chi connectivity index (χ3v) is 2.81. The summed E-state index contributed by atoms with van der Waals surface area (Å²) < 4.78 is 0. The zero-order chi connectivity index (χ0) is 12.9. The molecule has 0 aliphatic rings. The predicted octanol–water partition coefficient (Wildman–Crippen LogP) is 3.38. The zero-order valence-electron chi connectivity index (χ0n) is 11.2. The lowest BCUT2D eigenvalue weighted by molar-refractivity contribution is 0.414. The summed E-state index contributed by atoms with van der Waals surface area (Å²) in [6.45, 7) is 10.6. The van der Waals surface area contributed by atoms with E-state index in [4.69, 9.17) is 11.6 Å². The summed E-state index contributed by atoms with van der Waals surface area (Å²) in [6, 6.07) is 8.33. The van der Waals surface area contributed by atoms with Crippen LogP contribution in [0.4, 0.5) is 0 Å². The van der Waals surface area contributed by atoms with Gasteiger partial charge in [-0.2, -0.15) is 0 Å². The largest absolute Gasteiger partial charge is 0.311 e. The number of hydrogen-bond acceptors (Lipinski definition) is 2. The molecule has 0 fully saturated rings. The molecule has 0 aromatic heterocycles. The minimum absolute atomic E-state index is 0.182. The molecule has 1 rings (SSSR count). The maximum Gasteiger partial charge on any atom is 0.0409 e. The molecule has 0 radical (unpaired) electrons. The van der Waals surface area contributed by atoms with Crippen molar-refractivity contribution in [3.05, 3.63) is 34.9 Å². The van der Waals surface area contributed by atoms with Crippen LogP contribution in [-0.2, 0) is 0 Å². The van der Waals surface area contributed by atoms with Gasteiger partial charge in [0.2, 0.25) is 0 Å². The van der Waals surface area contributed by atoms with E-state index in [2.05, 4.69) is 44.4 Å². The van der Waals surface area contributed by atoms with Crippen LogP contribution in [0.2, 0.25) is 5.02 Å². The summed E-state index contributed by atoms with van der Waals surface area (Å²) in [6.07, 6.45) is 0. The molecule has 96 valence electrons. The van der Waals surface area contributed by atoms with Gasteiger partial charge in [0.25, 0.3) is 0 Å². The quantitative estimate of drug-likeness (QED) is 0.788. The Balaban J connectivity index is 2.33. The van der Waals surface area contributed by atoms with Crippen LogP contribution in [0.5, 0.6) is 0 Å². The van der Waals surface area contributed by atoms with Crippen LogP contribution in [-0.4, -0.2) is 18.6 Å². The van der Waals surface area contributed by atoms with Gasteiger partial charge in [-0.1, -0.05) is 23.7 Å². The van der Waals surface area contributed by atoms with Gasteiger partial charge in [-0.25, -0.2) is 0 Å². The Morgan fingerprint density at radius 1 is 1.24 bits per heavy atom. The smallest absolute Gasteiger partial charge is 0.0409 e. The topological polar surface area (TPSA) is 24.1 Å². The van der Waals surface area contributed by atoms with Gasteiger partial charge in [-0.05, 0) is 45.4 Å². The van der Waals surface area contributed by atoms with Crippen molar-refractivity contribution in [1.82, 2.24) is 10.6 Å². The molecule has 0 aliphatic heterocycles. The van der Waals surface area contributed by atoms with Crippen molar-refractivity contribution in [2.75, 3.05) is 13.1 Å². The minimum Gasteiger partial charge on any atom is -0.311 e. The standard InChI is InChI=1S/C14H23ClN2/c1-11(12-6-5-7-13(15)10-12)16-8-9-17-14(2,3)4/h5-7,10-11,16-17H,8-9H2,1-4H3/t11-/m1/s1. The second kappa shape index (κ2) is 6.39. The van der Waals surface area contributed by atoms with Crippen LogP contribution in [0.15, 0.2) is 24.3 Å². The second-order valence-electron chi connectivity index (χ2n) is 5.41. The summed E-state index contributed by atoms with van der Waals surface area (Å²) in [5.74, 6) is 0. The third-order valence-electron chi connectivity index (χ3n) is 2.58. The van der Waals surface area contributed by atoms with Crippen molar-refractivity contribution < 1.29 is 0 Å². The van der Waals surface area contributed by atoms with E-state index >= 15 is 0 Å². The monoisotopic (exact) mass is 254 g/mol. The highest BCUT2D eigenvalue weighted by Gasteiger charge is 2.08. The van der Waals surface area contributed by atoms with E-state index < -0.39 is 0 Å². The van der Waals surface area contributed by atoms with Crippen molar-refractivity contribution in [2.45, 2.75) is 39.3 Å². The van der Waals surface area contributed by atoms with Gasteiger partial charge in [0.05, 0.1) is 0 Å². The van der Waals surface area contributed by atoms with E-state index in [0.29, 0.717) is 6.04 Å². The molecule has 0 saturated heterocycles. The Hall–Kier alpha value is -0.570. The van der Waals surface area contributed by atoms with Crippen molar-refractivity contribution in [3.63, 3.8) is 0 Å². The lowest BCUT2D eigenvalue weighted by Crippen LogP contribution is -2.40. The minimum atomic E-state index is 0.182. The normalized spacial score (nSPS) is 13.7. The Morgan fingerprint density at radius 3 is 2.53 bits per heavy atom. The van der Waals surface area contributed by atoms with Gasteiger partial charge in [0.1, 0.15) is 0 Å². The first-order valence-corrected chi connectivity index (χ1v) is 6.50. The molecule has 1 atom stereocenters. The number of rotatable bonds is 5. The van der Waals surface area contributed by atoms with Gasteiger partial charge in [0.15, 0.2) is 0 Å². The molecule has 1 aromatic rings. The molecule has 3 heteroatoms. The highest BCUT2D eigenvalue weighted by molar-refractivity contribution is 6.30. The fraction of sp³-hybridized carbons (Fsp3) is 0.571. The van der Waals surface area contributed by atoms with Crippen LogP contribution >= 0.6 is 11.6 Å². The van der Waals surface area contributed by atoms with Gasteiger partial charge < -0.3 is 10.6 Å². The fourth-order valence-corrected chi connectivity index (χ4v) is 1.82. The summed E-state index contributed by atoms with van der Waals surface area (Å²) in [5.41, 5.74) is 1.41. The Kier molecular flexibility index (Phi) is 5.44. The van der Waals surface area contributed by atoms with E-state index in [0.717, 1.165) is 18.1 Å². The Labute approximate surface area is 110 Å². The van der Waals surface area contributed by atoms with Gasteiger partial charge in [0, 0.05) is 29.7 Å². The molecule has 0 unspecified atom stereocenters. The van der Waals surface area contributed by atoms with E-state index in [-0.39, 0.29) is 5.54 Å². The molecule has 0 amide bonds. The van der Waals surface area contributed by atoms with Crippen LogP contribution in [0.25, 0.3) is 0 Å². The molecule has 1 aromatic carbocycles. The number of nitrogens with one attached hydrogen (secondary N) is 2. The first-order chi connectivity index (χ1) is 7.88. The Bertz CT molecular complexity index is 344. The van der Waals surface area contributed by atoms with E-state index in [9.17, 15) is 0 Å². The van der Waals surface area contributed by atoms with Crippen LogP contribution < -0.4 is 10.6 Å². The maximum atomic E-state index is 5.97. The lowest BCUT2D eigenvalue weighted by Gasteiger charge is -2.22. The second-order valence-corrected chi connectivity index (χ2v) is 5.84. The summed E-state index contributed by atoms with van der Waals surface area (Å²) in [7, 11) is 0. The summed E-state index contributed by atoms with van der Waals surface area (Å²) in [4.78, 5) is 0. The van der Waals surface area contributed by atoms with Crippen molar-refractivity contribution in [1.29, 1.82) is 0 Å². The number of benzene rings is 1. The van der Waals surface area contributed by atoms with E-state index in [1.54, 1.807) is 0 Å². The highest BCUT2D eigenvalue weighted by atomic mass is 35.5. The molecular weight excluding hydrogens is 232 g/mol. The summed E-state index contributed by atoms with van der Waals surface area (Å²) in [5, 5.41) is 7.72. The SMILES string of the molecule is C[C@@H](NCCNC(C)(C)C)c1cccc(Cl)c1. The van der Waals surface area contributed by atoms with Crippen molar-refractivity contribution in [3.8, 4) is 0 Å². The van der Waals surface area contributed by atoms with Gasteiger partial charge in [-0.15, -0.1) is 0 Å². The first kappa shape index (κ1) is 14.5. The van der Waals surface area contributed by atoms with Crippen LogP contribution in [0.1, 0.15) is 39.3 Å². The van der Waals surface area contributed by atoms with Crippen LogP contribution in [0.3, 0.4) is 0 Å². The van der Waals surface area contributed by atoms with E-state index in [1.165, 1.54) is 5.56 Å². The molecule has 17 heavy (non-hydrogen) atoms. The average Bonchev–Trinajstić information content (AvgIpc) is 2.23. The van der Waals surface area contributed by atoms with Crippen molar-refractivity contribution in [2.24, 2.45) is 0 Å². The van der Waals surface area contributed by atoms with E-state index in [1.807, 2.05) is 18.2 Å². The average molecular weight is 255 g/mol. The number of halogens is 1. The molecule has 2 N–H and O–H groups in total. The molecule has 0 bridgehead atoms. The molecule has 0 heterocycles. The van der Waals surface area contributed by atoms with Gasteiger partial charge >= 0.3 is 0 Å². The summed E-state index contributed by atoms with van der Waals surface area (Å²) >= 11 is 5.97. The molecular formula is C14H23ClN2. The number of hydrogen-bond donors (Lipinski definition) is 2.